The molecular weight excluding hydrogens is 275 g/mol. The summed E-state index contributed by atoms with van der Waals surface area (Å²) in [6.07, 6.45) is 3.91. The Morgan fingerprint density at radius 1 is 1.57 bits per heavy atom. The van der Waals surface area contributed by atoms with Gasteiger partial charge in [-0.15, -0.1) is 0 Å². The Kier molecular flexibility index (Phi) is 5.44. The first-order valence-electron chi connectivity index (χ1n) is 7.28. The van der Waals surface area contributed by atoms with E-state index in [2.05, 4.69) is 15.3 Å². The fourth-order valence-electron chi connectivity index (χ4n) is 2.67. The van der Waals surface area contributed by atoms with E-state index in [9.17, 15) is 9.18 Å². The van der Waals surface area contributed by atoms with Gasteiger partial charge < -0.3 is 15.3 Å². The maximum absolute atomic E-state index is 14.3. The zero-order chi connectivity index (χ0) is 15.2. The molecule has 1 saturated heterocycles. The predicted octanol–water partition coefficient (Wildman–Crippen LogP) is 1.07. The molecule has 1 aliphatic rings. The molecule has 1 fully saturated rings. The zero-order valence-electron chi connectivity index (χ0n) is 12.2. The Morgan fingerprint density at radius 3 is 3.10 bits per heavy atom. The van der Waals surface area contributed by atoms with Crippen molar-refractivity contribution in [1.82, 2.24) is 15.3 Å². The number of halogens is 1. The van der Waals surface area contributed by atoms with Crippen LogP contribution in [0.25, 0.3) is 0 Å². The van der Waals surface area contributed by atoms with Crippen LogP contribution in [0, 0.1) is 11.7 Å². The number of anilines is 1. The van der Waals surface area contributed by atoms with Gasteiger partial charge in [-0.3, -0.25) is 4.79 Å². The van der Waals surface area contributed by atoms with Crippen molar-refractivity contribution in [3.63, 3.8) is 0 Å². The van der Waals surface area contributed by atoms with Crippen LogP contribution in [-0.2, 0) is 11.2 Å². The van der Waals surface area contributed by atoms with Crippen molar-refractivity contribution in [1.29, 1.82) is 0 Å². The first-order chi connectivity index (χ1) is 10.1. The summed E-state index contributed by atoms with van der Waals surface area (Å²) in [4.78, 5) is 20.5. The second-order valence-corrected chi connectivity index (χ2v) is 5.29. The summed E-state index contributed by atoms with van der Waals surface area (Å²) in [6.45, 7) is 3.90. The van der Waals surface area contributed by atoms with Crippen molar-refractivity contribution in [3.8, 4) is 0 Å². The summed E-state index contributed by atoms with van der Waals surface area (Å²) in [5, 5.41) is 11.5. The highest BCUT2D eigenvalue weighted by atomic mass is 19.1. The third kappa shape index (κ3) is 4.10. The molecule has 1 atom stereocenters. The van der Waals surface area contributed by atoms with Crippen molar-refractivity contribution in [2.75, 3.05) is 31.1 Å². The smallest absolute Gasteiger partial charge is 0.317 e. The average Bonchev–Trinajstić information content (AvgIpc) is 2.47. The number of rotatable bonds is 6. The van der Waals surface area contributed by atoms with Crippen molar-refractivity contribution in [2.24, 2.45) is 5.92 Å². The lowest BCUT2D eigenvalue weighted by Gasteiger charge is -2.33. The summed E-state index contributed by atoms with van der Waals surface area (Å²) in [7, 11) is 0. The normalized spacial score (nSPS) is 18.8. The second kappa shape index (κ2) is 7.31. The van der Waals surface area contributed by atoms with E-state index in [4.69, 9.17) is 5.11 Å². The summed E-state index contributed by atoms with van der Waals surface area (Å²) < 4.78 is 14.3. The average molecular weight is 296 g/mol. The summed E-state index contributed by atoms with van der Waals surface area (Å²) >= 11 is 0. The van der Waals surface area contributed by atoms with Crippen LogP contribution >= 0.6 is 0 Å². The molecule has 2 rings (SSSR count). The Bertz CT molecular complexity index is 498. The summed E-state index contributed by atoms with van der Waals surface area (Å²) in [5.41, 5.74) is 0.436. The van der Waals surface area contributed by atoms with Crippen molar-refractivity contribution < 1.29 is 14.3 Å². The number of carboxylic acids is 1. The Labute approximate surface area is 123 Å². The fourth-order valence-corrected chi connectivity index (χ4v) is 2.67. The number of carboxylic acid groups (broad SMARTS) is 1. The Hall–Kier alpha value is -1.76. The van der Waals surface area contributed by atoms with Gasteiger partial charge in [-0.1, -0.05) is 6.92 Å². The monoisotopic (exact) mass is 296 g/mol. The lowest BCUT2D eigenvalue weighted by Crippen LogP contribution is -2.41. The molecule has 2 heterocycles. The van der Waals surface area contributed by atoms with Gasteiger partial charge in [0, 0.05) is 19.6 Å². The number of hydrogen-bond acceptors (Lipinski definition) is 5. The number of aliphatic carboxylic acids is 1. The van der Waals surface area contributed by atoms with Gasteiger partial charge in [0.1, 0.15) is 6.33 Å². The molecular formula is C14H21FN4O2. The van der Waals surface area contributed by atoms with Gasteiger partial charge >= 0.3 is 5.97 Å². The molecule has 0 spiro atoms. The molecule has 1 aromatic rings. The number of nitrogens with one attached hydrogen (secondary N) is 1. The molecule has 0 aromatic carbocycles. The van der Waals surface area contributed by atoms with Crippen molar-refractivity contribution in [3.05, 3.63) is 17.8 Å². The van der Waals surface area contributed by atoms with Crippen LogP contribution in [0.5, 0.6) is 0 Å². The van der Waals surface area contributed by atoms with Crippen molar-refractivity contribution in [2.45, 2.75) is 26.2 Å². The highest BCUT2D eigenvalue weighted by Crippen LogP contribution is 2.24. The largest absolute Gasteiger partial charge is 0.480 e. The van der Waals surface area contributed by atoms with E-state index in [0.717, 1.165) is 19.4 Å². The topological polar surface area (TPSA) is 78.4 Å². The number of hydrogen-bond donors (Lipinski definition) is 2. The molecule has 0 amide bonds. The molecule has 1 aromatic heterocycles. The molecule has 2 N–H and O–H groups in total. The molecule has 0 saturated carbocycles. The Balaban J connectivity index is 1.99. The van der Waals surface area contributed by atoms with Gasteiger partial charge in [-0.25, -0.2) is 14.4 Å². The number of carbonyl (C=O) groups is 1. The second-order valence-electron chi connectivity index (χ2n) is 5.29. The maximum Gasteiger partial charge on any atom is 0.317 e. The molecule has 21 heavy (non-hydrogen) atoms. The maximum atomic E-state index is 14.3. The van der Waals surface area contributed by atoms with Gasteiger partial charge in [-0.05, 0) is 25.2 Å². The molecule has 6 nitrogen and oxygen atoms in total. The first-order valence-corrected chi connectivity index (χ1v) is 7.28. The highest BCUT2D eigenvalue weighted by Gasteiger charge is 2.24. The SMILES string of the molecule is CCc1ncnc(N2CCCC(CNCC(=O)O)C2)c1F. The van der Waals surface area contributed by atoms with E-state index in [1.54, 1.807) is 0 Å². The summed E-state index contributed by atoms with van der Waals surface area (Å²) in [6, 6.07) is 0. The minimum Gasteiger partial charge on any atom is -0.480 e. The van der Waals surface area contributed by atoms with Crippen LogP contribution < -0.4 is 10.2 Å². The molecule has 0 radical (unpaired) electrons. The zero-order valence-corrected chi connectivity index (χ0v) is 12.2. The van der Waals surface area contributed by atoms with E-state index in [0.29, 0.717) is 36.9 Å². The van der Waals surface area contributed by atoms with E-state index in [-0.39, 0.29) is 12.4 Å². The molecule has 7 heteroatoms. The van der Waals surface area contributed by atoms with Gasteiger partial charge in [0.2, 0.25) is 0 Å². The Morgan fingerprint density at radius 2 is 2.38 bits per heavy atom. The lowest BCUT2D eigenvalue weighted by molar-refractivity contribution is -0.136. The van der Waals surface area contributed by atoms with Crippen LogP contribution in [0.3, 0.4) is 0 Å². The number of aryl methyl sites for hydroxylation is 1. The molecule has 1 unspecified atom stereocenters. The van der Waals surface area contributed by atoms with Crippen molar-refractivity contribution >= 4 is 11.8 Å². The highest BCUT2D eigenvalue weighted by molar-refractivity contribution is 5.68. The van der Waals surface area contributed by atoms with E-state index >= 15 is 0 Å². The van der Waals surface area contributed by atoms with E-state index < -0.39 is 5.97 Å². The van der Waals surface area contributed by atoms with Gasteiger partial charge in [0.15, 0.2) is 11.6 Å². The molecule has 0 aliphatic carbocycles. The minimum atomic E-state index is -0.864. The third-order valence-corrected chi connectivity index (χ3v) is 3.71. The van der Waals surface area contributed by atoms with Crippen LogP contribution in [0.4, 0.5) is 10.2 Å². The molecule has 0 bridgehead atoms. The van der Waals surface area contributed by atoms with Crippen LogP contribution in [-0.4, -0.2) is 47.2 Å². The van der Waals surface area contributed by atoms with Gasteiger partial charge in [-0.2, -0.15) is 0 Å². The summed E-state index contributed by atoms with van der Waals surface area (Å²) in [5.74, 6) is -0.529. The minimum absolute atomic E-state index is 0.0433. The molecule has 1 aliphatic heterocycles. The van der Waals surface area contributed by atoms with Crippen LogP contribution in [0.15, 0.2) is 6.33 Å². The van der Waals surface area contributed by atoms with Crippen LogP contribution in [0.1, 0.15) is 25.5 Å². The van der Waals surface area contributed by atoms with Crippen LogP contribution in [0.2, 0.25) is 0 Å². The quantitative estimate of drug-likeness (QED) is 0.817. The first kappa shape index (κ1) is 15.6. The number of piperidine rings is 1. The standard InChI is InChI=1S/C14H21FN4O2/c1-2-11-13(15)14(18-9-17-11)19-5-3-4-10(8-19)6-16-7-12(20)21/h9-10,16H,2-8H2,1H3,(H,20,21). The van der Waals surface area contributed by atoms with E-state index in [1.165, 1.54) is 6.33 Å². The fraction of sp³-hybridized carbons (Fsp3) is 0.643. The molecule has 116 valence electrons. The predicted molar refractivity (Wildman–Crippen MR) is 76.8 cm³/mol. The van der Waals surface area contributed by atoms with Gasteiger partial charge in [0.25, 0.3) is 0 Å². The van der Waals surface area contributed by atoms with E-state index in [1.807, 2.05) is 11.8 Å². The lowest BCUT2D eigenvalue weighted by atomic mass is 9.98. The third-order valence-electron chi connectivity index (χ3n) is 3.71. The number of nitrogens with zero attached hydrogens (tertiary/aromatic N) is 3. The number of aromatic nitrogens is 2. The van der Waals surface area contributed by atoms with Gasteiger partial charge in [0.05, 0.1) is 12.2 Å².